The van der Waals surface area contributed by atoms with Crippen LogP contribution >= 0.6 is 0 Å². The molecule has 0 aromatic heterocycles. The van der Waals surface area contributed by atoms with Gasteiger partial charge in [-0.25, -0.2) is 8.42 Å². The van der Waals surface area contributed by atoms with Crippen molar-refractivity contribution >= 4 is 11.0 Å². The van der Waals surface area contributed by atoms with Crippen LogP contribution in [0, 0.1) is 6.92 Å². The van der Waals surface area contributed by atoms with E-state index in [2.05, 4.69) is 25.1 Å². The minimum absolute atomic E-state index is 1.43. The van der Waals surface area contributed by atoms with Crippen molar-refractivity contribution in [3.05, 3.63) is 23.8 Å². The van der Waals surface area contributed by atoms with E-state index in [0.29, 0.717) is 0 Å². The first kappa shape index (κ1) is 8.23. The highest BCUT2D eigenvalue weighted by Crippen LogP contribution is 2.37. The molecule has 0 spiro atoms. The maximum atomic E-state index is 8.59. The summed E-state index contributed by atoms with van der Waals surface area (Å²) in [4.78, 5) is 0. The summed E-state index contributed by atoms with van der Waals surface area (Å²) < 4.78 is 24.2. The lowest BCUT2D eigenvalue weighted by atomic mass is 10.3. The van der Waals surface area contributed by atoms with Crippen molar-refractivity contribution in [3.8, 4) is 11.1 Å². The van der Waals surface area contributed by atoms with Crippen LogP contribution in [-0.4, -0.2) is 13.0 Å². The van der Waals surface area contributed by atoms with Crippen molar-refractivity contribution in [1.82, 2.24) is 0 Å². The molecule has 0 amide bonds. The Morgan fingerprint density at radius 1 is 1.36 bits per heavy atom. The molecule has 0 saturated carbocycles. The monoisotopic (exact) mass is 172 g/mol. The molecule has 2 aliphatic carbocycles. The summed E-state index contributed by atoms with van der Waals surface area (Å²) in [5, 5.41) is 0. The Balaban J connectivity index is 0.000000134. The number of benzene rings is 1. The predicted molar refractivity (Wildman–Crippen MR) is 43.1 cm³/mol. The molecule has 60 valence electrons. The topological polar surface area (TPSA) is 54.4 Å². The van der Waals surface area contributed by atoms with Gasteiger partial charge < -0.3 is 0 Å². The van der Waals surface area contributed by atoms with Crippen LogP contribution in [0.5, 0.6) is 0 Å². The number of aryl methyl sites for hydroxylation is 1. The van der Waals surface area contributed by atoms with Gasteiger partial charge in [-0.05, 0) is 29.7 Å². The van der Waals surface area contributed by atoms with E-state index in [0.717, 1.165) is 0 Å². The zero-order valence-electron chi connectivity index (χ0n) is 5.94. The summed E-state index contributed by atoms with van der Waals surface area (Å²) in [6.07, 6.45) is 0. The highest BCUT2D eigenvalue weighted by molar-refractivity contribution is 7.66. The summed E-state index contributed by atoms with van der Waals surface area (Å²) in [5.74, 6) is 0. The van der Waals surface area contributed by atoms with Gasteiger partial charge in [-0.2, -0.15) is 0 Å². The van der Waals surface area contributed by atoms with Crippen LogP contribution in [0.3, 0.4) is 0 Å². The SMILES string of the molecule is Cc1ccc2cc1-2.O=[SH](=O)O. The zero-order chi connectivity index (χ0) is 8.43. The number of hydrogen-bond acceptors (Lipinski definition) is 2. The lowest BCUT2D eigenvalue weighted by Gasteiger charge is -1.71. The Hall–Kier alpha value is -0.870. The van der Waals surface area contributed by atoms with Crippen LogP contribution in [0.25, 0.3) is 11.1 Å². The van der Waals surface area contributed by atoms with Crippen LogP contribution in [0.4, 0.5) is 0 Å². The predicted octanol–water partition coefficient (Wildman–Crippen LogP) is 1.05. The molecule has 0 radical (unpaired) electrons. The van der Waals surface area contributed by atoms with Gasteiger partial charge >= 0.3 is 0 Å². The summed E-state index contributed by atoms with van der Waals surface area (Å²) in [5.41, 5.74) is 4.34. The van der Waals surface area contributed by atoms with E-state index in [1.54, 1.807) is 0 Å². The summed E-state index contributed by atoms with van der Waals surface area (Å²) in [6.45, 7) is 2.14. The van der Waals surface area contributed by atoms with Crippen molar-refractivity contribution in [3.63, 3.8) is 0 Å². The second kappa shape index (κ2) is 3.02. The second-order valence-corrected chi connectivity index (χ2v) is 2.74. The summed E-state index contributed by atoms with van der Waals surface area (Å²) >= 11 is 0. The number of thiol groups is 1. The minimum Gasteiger partial charge on any atom is -0.288 e. The highest BCUT2D eigenvalue weighted by Gasteiger charge is 2.12. The second-order valence-electron chi connectivity index (χ2n) is 2.27. The van der Waals surface area contributed by atoms with E-state index >= 15 is 0 Å². The molecule has 1 N–H and O–H groups in total. The molecule has 0 aromatic carbocycles. The van der Waals surface area contributed by atoms with E-state index in [4.69, 9.17) is 13.0 Å². The first-order valence-electron chi connectivity index (χ1n) is 3.05. The van der Waals surface area contributed by atoms with Gasteiger partial charge in [-0.1, -0.05) is 12.1 Å². The van der Waals surface area contributed by atoms with Crippen molar-refractivity contribution in [2.45, 2.75) is 6.92 Å². The molecular weight excluding hydrogens is 164 g/mol. The van der Waals surface area contributed by atoms with Crippen molar-refractivity contribution in [2.75, 3.05) is 0 Å². The number of hydrogen-bond donors (Lipinski definition) is 2. The smallest absolute Gasteiger partial charge is 0.254 e. The third-order valence-electron chi connectivity index (χ3n) is 1.47. The Morgan fingerprint density at radius 3 is 2.00 bits per heavy atom. The molecule has 3 nitrogen and oxygen atoms in total. The van der Waals surface area contributed by atoms with E-state index in [-0.39, 0.29) is 0 Å². The summed E-state index contributed by atoms with van der Waals surface area (Å²) in [6, 6.07) is 6.52. The largest absolute Gasteiger partial charge is 0.288 e. The van der Waals surface area contributed by atoms with E-state index in [1.807, 2.05) is 0 Å². The molecule has 2 aliphatic rings. The van der Waals surface area contributed by atoms with Gasteiger partial charge in [0.15, 0.2) is 0 Å². The zero-order valence-corrected chi connectivity index (χ0v) is 6.84. The molecule has 0 heterocycles. The normalized spacial score (nSPS) is 10.5. The maximum Gasteiger partial charge on any atom is 0.254 e. The quantitative estimate of drug-likeness (QED) is 0.461. The lowest BCUT2D eigenvalue weighted by Crippen LogP contribution is -1.58. The molecule has 11 heavy (non-hydrogen) atoms. The fourth-order valence-corrected chi connectivity index (χ4v) is 0.903. The van der Waals surface area contributed by atoms with E-state index in [1.165, 1.54) is 16.7 Å². The highest BCUT2D eigenvalue weighted by atomic mass is 32.2. The molecule has 0 aliphatic heterocycles. The van der Waals surface area contributed by atoms with E-state index < -0.39 is 11.0 Å². The average molecular weight is 172 g/mol. The Labute approximate surface area is 66.5 Å². The molecule has 0 atom stereocenters. The maximum absolute atomic E-state index is 8.59. The van der Waals surface area contributed by atoms with Gasteiger partial charge in [0.05, 0.1) is 0 Å². The van der Waals surface area contributed by atoms with Gasteiger partial charge in [0, 0.05) is 0 Å². The van der Waals surface area contributed by atoms with E-state index in [9.17, 15) is 0 Å². The summed E-state index contributed by atoms with van der Waals surface area (Å²) in [7, 11) is -3.12. The van der Waals surface area contributed by atoms with Crippen LogP contribution in [-0.2, 0) is 11.0 Å². The molecule has 0 fully saturated rings. The first-order valence-corrected chi connectivity index (χ1v) is 4.18. The lowest BCUT2D eigenvalue weighted by molar-refractivity contribution is 0.509. The molecule has 0 bridgehead atoms. The third kappa shape index (κ3) is 2.32. The van der Waals surface area contributed by atoms with Crippen LogP contribution in [0.2, 0.25) is 0 Å². The Morgan fingerprint density at radius 2 is 1.91 bits per heavy atom. The average Bonchev–Trinajstić information content (AvgIpc) is 2.54. The van der Waals surface area contributed by atoms with Gasteiger partial charge in [0.1, 0.15) is 0 Å². The van der Waals surface area contributed by atoms with Gasteiger partial charge in [-0.3, -0.25) is 4.55 Å². The fourth-order valence-electron chi connectivity index (χ4n) is 0.903. The Kier molecular flexibility index (Phi) is 2.26. The van der Waals surface area contributed by atoms with Gasteiger partial charge in [0.25, 0.3) is 11.0 Å². The standard InChI is InChI=1S/C7H6.H2O3S/c1-5-2-3-6-4-7(5)6;1-4(2)3/h2-4H,1H3;4H,(H,1,2,3). The molecule has 0 unspecified atom stereocenters. The van der Waals surface area contributed by atoms with Gasteiger partial charge in [-0.15, -0.1) is 0 Å². The molecular formula is C7H8O3S. The number of rotatable bonds is 0. The minimum atomic E-state index is -3.12. The van der Waals surface area contributed by atoms with Crippen LogP contribution in [0.1, 0.15) is 5.56 Å². The molecule has 4 heteroatoms. The first-order chi connectivity index (χ1) is 5.11. The molecule has 2 rings (SSSR count). The van der Waals surface area contributed by atoms with Crippen LogP contribution < -0.4 is 0 Å². The van der Waals surface area contributed by atoms with Crippen molar-refractivity contribution in [2.24, 2.45) is 0 Å². The van der Waals surface area contributed by atoms with Crippen molar-refractivity contribution in [1.29, 1.82) is 0 Å². The van der Waals surface area contributed by atoms with Crippen LogP contribution in [0.15, 0.2) is 18.2 Å². The Bertz CT molecular complexity index is 334. The molecule has 0 saturated heterocycles. The third-order valence-corrected chi connectivity index (χ3v) is 1.47. The van der Waals surface area contributed by atoms with Gasteiger partial charge in [0.2, 0.25) is 0 Å². The fraction of sp³-hybridized carbons (Fsp3) is 0.143. The number of fused-ring (bicyclic) bond motifs is 1. The van der Waals surface area contributed by atoms with Crippen molar-refractivity contribution < 1.29 is 13.0 Å². The molecule has 0 aromatic rings.